The molecule has 0 saturated heterocycles. The summed E-state index contributed by atoms with van der Waals surface area (Å²) in [6.45, 7) is 0.960. The van der Waals surface area contributed by atoms with Crippen LogP contribution < -0.4 is 0 Å². The molecule has 4 heteroatoms. The second kappa shape index (κ2) is 9.52. The fraction of sp³-hybridized carbons (Fsp3) is 0.240. The third kappa shape index (κ3) is 5.44. The van der Waals surface area contributed by atoms with Crippen molar-refractivity contribution in [3.8, 4) is 0 Å². The molecule has 0 bridgehead atoms. The topological polar surface area (TPSA) is 17.8 Å². The van der Waals surface area contributed by atoms with E-state index in [1.807, 2.05) is 12.4 Å². The standard InChI is InChI=1S/C25H27N2PS/c29-28(18-15-22-9-3-1-4-10-22,19-16-23-11-5-2-6-12-23)20-17-27-21-26-24-13-7-8-14-25(24)27/h1-14,21H,15-20H2. The van der Waals surface area contributed by atoms with Gasteiger partial charge in [0.1, 0.15) is 0 Å². The normalized spacial score (nSPS) is 11.7. The molecule has 0 spiro atoms. The first-order valence-corrected chi connectivity index (χ1v) is 13.6. The number of rotatable bonds is 9. The molecule has 0 saturated carbocycles. The van der Waals surface area contributed by atoms with Gasteiger partial charge in [-0.1, -0.05) is 84.6 Å². The Morgan fingerprint density at radius 1 is 0.690 bits per heavy atom. The van der Waals surface area contributed by atoms with Crippen LogP contribution in [0.2, 0.25) is 0 Å². The lowest BCUT2D eigenvalue weighted by atomic mass is 10.2. The predicted molar refractivity (Wildman–Crippen MR) is 129 cm³/mol. The van der Waals surface area contributed by atoms with E-state index < -0.39 is 6.04 Å². The van der Waals surface area contributed by atoms with Crippen LogP contribution in [0.25, 0.3) is 11.0 Å². The summed E-state index contributed by atoms with van der Waals surface area (Å²) in [7, 11) is 0. The molecule has 0 aliphatic carbocycles. The Kier molecular flexibility index (Phi) is 6.59. The predicted octanol–water partition coefficient (Wildman–Crippen LogP) is 6.00. The number of aryl methyl sites for hydroxylation is 3. The molecule has 0 radical (unpaired) electrons. The maximum Gasteiger partial charge on any atom is 0.0958 e. The Balaban J connectivity index is 1.47. The molecule has 0 aliphatic heterocycles. The van der Waals surface area contributed by atoms with Crippen molar-refractivity contribution in [2.24, 2.45) is 0 Å². The van der Waals surface area contributed by atoms with Gasteiger partial charge in [0.15, 0.2) is 0 Å². The molecule has 0 atom stereocenters. The zero-order valence-corrected chi connectivity index (χ0v) is 18.4. The van der Waals surface area contributed by atoms with Crippen LogP contribution >= 0.6 is 6.04 Å². The van der Waals surface area contributed by atoms with Gasteiger partial charge < -0.3 is 4.57 Å². The number of fused-ring (bicyclic) bond motifs is 1. The van der Waals surface area contributed by atoms with Crippen LogP contribution in [0.15, 0.2) is 91.3 Å². The summed E-state index contributed by atoms with van der Waals surface area (Å²) in [4.78, 5) is 4.55. The molecule has 0 fully saturated rings. The first-order valence-electron chi connectivity index (χ1n) is 10.3. The average molecular weight is 419 g/mol. The van der Waals surface area contributed by atoms with Gasteiger partial charge in [-0.3, -0.25) is 0 Å². The highest BCUT2D eigenvalue weighted by Crippen LogP contribution is 2.47. The van der Waals surface area contributed by atoms with Gasteiger partial charge >= 0.3 is 0 Å². The lowest BCUT2D eigenvalue weighted by Crippen LogP contribution is -2.10. The van der Waals surface area contributed by atoms with Gasteiger partial charge in [-0.25, -0.2) is 4.98 Å². The number of nitrogens with zero attached hydrogens (tertiary/aromatic N) is 2. The van der Waals surface area contributed by atoms with Gasteiger partial charge in [0, 0.05) is 6.54 Å². The number of imidazole rings is 1. The largest absolute Gasteiger partial charge is 0.330 e. The second-order valence-corrected chi connectivity index (χ2v) is 13.4. The molecule has 0 N–H and O–H groups in total. The molecule has 4 rings (SSSR count). The fourth-order valence-electron chi connectivity index (χ4n) is 3.77. The van der Waals surface area contributed by atoms with Crippen molar-refractivity contribution in [3.63, 3.8) is 0 Å². The lowest BCUT2D eigenvalue weighted by Gasteiger charge is -2.23. The minimum absolute atomic E-state index is 0.960. The molecular formula is C25H27N2PS. The van der Waals surface area contributed by atoms with E-state index in [1.54, 1.807) is 0 Å². The summed E-state index contributed by atoms with van der Waals surface area (Å²) < 4.78 is 2.28. The smallest absolute Gasteiger partial charge is 0.0958 e. The van der Waals surface area contributed by atoms with Crippen LogP contribution in [-0.2, 0) is 31.2 Å². The van der Waals surface area contributed by atoms with Crippen LogP contribution in [0.3, 0.4) is 0 Å². The molecule has 4 aromatic rings. The summed E-state index contributed by atoms with van der Waals surface area (Å²) >= 11 is 6.37. The van der Waals surface area contributed by atoms with Crippen LogP contribution in [-0.4, -0.2) is 28.0 Å². The van der Waals surface area contributed by atoms with Gasteiger partial charge in [-0.2, -0.15) is 0 Å². The third-order valence-corrected chi connectivity index (χ3v) is 10.3. The van der Waals surface area contributed by atoms with E-state index in [9.17, 15) is 0 Å². The van der Waals surface area contributed by atoms with Gasteiger partial charge in [-0.05, 0) is 60.6 Å². The minimum Gasteiger partial charge on any atom is -0.330 e. The highest BCUT2D eigenvalue weighted by Gasteiger charge is 2.18. The molecule has 0 aliphatic rings. The number of para-hydroxylation sites is 2. The van der Waals surface area contributed by atoms with Crippen LogP contribution in [0.4, 0.5) is 0 Å². The number of hydrogen-bond acceptors (Lipinski definition) is 2. The van der Waals surface area contributed by atoms with Crippen LogP contribution in [0.1, 0.15) is 11.1 Å². The summed E-state index contributed by atoms with van der Waals surface area (Å²) in [6.07, 6.45) is 7.48. The van der Waals surface area contributed by atoms with Gasteiger partial charge in [0.05, 0.1) is 17.4 Å². The van der Waals surface area contributed by atoms with Crippen molar-refractivity contribution in [2.75, 3.05) is 18.5 Å². The SMILES string of the molecule is S=P(CCc1ccccc1)(CCc1ccccc1)CCn1cnc2ccccc21. The van der Waals surface area contributed by atoms with Crippen LogP contribution in [0.5, 0.6) is 0 Å². The minimum atomic E-state index is -1.48. The monoisotopic (exact) mass is 418 g/mol. The Labute approximate surface area is 178 Å². The molecule has 3 aromatic carbocycles. The number of aromatic nitrogens is 2. The van der Waals surface area contributed by atoms with Crippen molar-refractivity contribution in [3.05, 3.63) is 102 Å². The third-order valence-electron chi connectivity index (χ3n) is 5.58. The summed E-state index contributed by atoms with van der Waals surface area (Å²) in [6, 6.07) is 28.4. The summed E-state index contributed by atoms with van der Waals surface area (Å²) in [5.74, 6) is 0. The fourth-order valence-corrected chi connectivity index (χ4v) is 7.14. The maximum absolute atomic E-state index is 6.37. The van der Waals surface area contributed by atoms with Gasteiger partial charge in [-0.15, -0.1) is 0 Å². The zero-order chi connectivity index (χ0) is 19.9. The molecule has 1 aromatic heterocycles. The quantitative estimate of drug-likeness (QED) is 0.310. The molecule has 29 heavy (non-hydrogen) atoms. The first-order chi connectivity index (χ1) is 14.2. The summed E-state index contributed by atoms with van der Waals surface area (Å²) in [5.41, 5.74) is 5.07. The van der Waals surface area contributed by atoms with E-state index in [2.05, 4.69) is 88.4 Å². The van der Waals surface area contributed by atoms with Crippen molar-refractivity contribution in [2.45, 2.75) is 19.4 Å². The Bertz CT molecular complexity index is 1040. The highest BCUT2D eigenvalue weighted by molar-refractivity contribution is 8.14. The first kappa shape index (κ1) is 20.1. The molecule has 0 unspecified atom stereocenters. The van der Waals surface area contributed by atoms with Crippen molar-refractivity contribution in [1.29, 1.82) is 0 Å². The molecule has 148 valence electrons. The van der Waals surface area contributed by atoms with E-state index in [4.69, 9.17) is 11.8 Å². The van der Waals surface area contributed by atoms with Gasteiger partial charge in [0.25, 0.3) is 0 Å². The molecule has 2 nitrogen and oxygen atoms in total. The molecular weight excluding hydrogens is 391 g/mol. The maximum atomic E-state index is 6.37. The lowest BCUT2D eigenvalue weighted by molar-refractivity contribution is 0.789. The van der Waals surface area contributed by atoms with Crippen molar-refractivity contribution in [1.82, 2.24) is 9.55 Å². The van der Waals surface area contributed by atoms with E-state index in [1.165, 1.54) is 16.6 Å². The van der Waals surface area contributed by atoms with E-state index in [0.29, 0.717) is 0 Å². The average Bonchev–Trinajstić information content (AvgIpc) is 3.20. The second-order valence-electron chi connectivity index (χ2n) is 7.63. The zero-order valence-electron chi connectivity index (χ0n) is 16.7. The molecule has 1 heterocycles. The van der Waals surface area contributed by atoms with Gasteiger partial charge in [0.2, 0.25) is 0 Å². The van der Waals surface area contributed by atoms with Crippen molar-refractivity contribution < 1.29 is 0 Å². The number of benzene rings is 3. The van der Waals surface area contributed by atoms with E-state index >= 15 is 0 Å². The van der Waals surface area contributed by atoms with E-state index in [-0.39, 0.29) is 0 Å². The number of hydrogen-bond donors (Lipinski definition) is 0. The molecule has 0 amide bonds. The summed E-state index contributed by atoms with van der Waals surface area (Å²) in [5, 5.41) is 0. The van der Waals surface area contributed by atoms with E-state index in [0.717, 1.165) is 43.4 Å². The Hall–Kier alpha value is -2.22. The van der Waals surface area contributed by atoms with Crippen molar-refractivity contribution >= 4 is 28.9 Å². The Morgan fingerprint density at radius 2 is 1.24 bits per heavy atom. The van der Waals surface area contributed by atoms with Crippen LogP contribution in [0, 0.1) is 0 Å². The highest BCUT2D eigenvalue weighted by atomic mass is 32.4. The Morgan fingerprint density at radius 3 is 1.86 bits per heavy atom.